The van der Waals surface area contributed by atoms with E-state index in [1.54, 1.807) is 4.90 Å². The predicted molar refractivity (Wildman–Crippen MR) is 74.3 cm³/mol. The van der Waals surface area contributed by atoms with Gasteiger partial charge in [0.2, 0.25) is 5.91 Å². The highest BCUT2D eigenvalue weighted by Crippen LogP contribution is 2.32. The van der Waals surface area contributed by atoms with Gasteiger partial charge in [0.15, 0.2) is 0 Å². The van der Waals surface area contributed by atoms with Crippen molar-refractivity contribution in [3.05, 3.63) is 28.2 Å². The summed E-state index contributed by atoms with van der Waals surface area (Å²) in [6.07, 6.45) is 0.584. The van der Waals surface area contributed by atoms with Crippen molar-refractivity contribution in [3.63, 3.8) is 0 Å². The van der Waals surface area contributed by atoms with Crippen molar-refractivity contribution in [1.29, 1.82) is 0 Å². The molecular weight excluding hydrogens is 350 g/mol. The molecule has 3 nitrogen and oxygen atoms in total. The highest BCUT2D eigenvalue weighted by Gasteiger charge is 2.30. The lowest BCUT2D eigenvalue weighted by Gasteiger charge is -2.19. The second-order valence-electron chi connectivity index (χ2n) is 4.17. The Morgan fingerprint density at radius 3 is 2.82 bits per heavy atom. The van der Waals surface area contributed by atoms with Crippen LogP contribution in [0.5, 0.6) is 0 Å². The summed E-state index contributed by atoms with van der Waals surface area (Å²) < 4.78 is 0.887. The number of hydrogen-bond acceptors (Lipinski definition) is 2. The zero-order chi connectivity index (χ0) is 12.4. The van der Waals surface area contributed by atoms with Crippen LogP contribution in [0, 0.1) is 5.92 Å². The van der Waals surface area contributed by atoms with Crippen molar-refractivity contribution in [3.8, 4) is 0 Å². The average molecular weight is 363 g/mol. The molecule has 5 heteroatoms. The van der Waals surface area contributed by atoms with Crippen molar-refractivity contribution in [2.45, 2.75) is 13.0 Å². The monoisotopic (exact) mass is 361 g/mol. The minimum Gasteiger partial charge on any atom is -0.392 e. The summed E-state index contributed by atoms with van der Waals surface area (Å²) >= 11 is 6.87. The maximum absolute atomic E-state index is 11.9. The van der Waals surface area contributed by atoms with E-state index in [9.17, 15) is 4.79 Å². The SMILES string of the molecule is O=C1CC(CBr)CN1c1cc(CO)ccc1Br. The maximum atomic E-state index is 11.9. The van der Waals surface area contributed by atoms with E-state index in [0.717, 1.165) is 27.6 Å². The number of alkyl halides is 1. The van der Waals surface area contributed by atoms with Gasteiger partial charge in [-0.15, -0.1) is 0 Å². The third kappa shape index (κ3) is 2.72. The Kier molecular flexibility index (Phi) is 4.22. The summed E-state index contributed by atoms with van der Waals surface area (Å²) in [4.78, 5) is 13.7. The van der Waals surface area contributed by atoms with Crippen LogP contribution in [0.25, 0.3) is 0 Å². The number of aliphatic hydroxyl groups is 1. The van der Waals surface area contributed by atoms with E-state index < -0.39 is 0 Å². The molecule has 1 aromatic rings. The maximum Gasteiger partial charge on any atom is 0.227 e. The van der Waals surface area contributed by atoms with Gasteiger partial charge in [-0.3, -0.25) is 4.79 Å². The average Bonchev–Trinajstić information content (AvgIpc) is 2.71. The van der Waals surface area contributed by atoms with Crippen LogP contribution in [0.4, 0.5) is 5.69 Å². The van der Waals surface area contributed by atoms with Crippen LogP contribution in [0.15, 0.2) is 22.7 Å². The minimum absolute atomic E-state index is 0.00974. The second-order valence-corrected chi connectivity index (χ2v) is 5.67. The second kappa shape index (κ2) is 5.50. The molecule has 17 heavy (non-hydrogen) atoms. The largest absolute Gasteiger partial charge is 0.392 e. The molecule has 0 aliphatic carbocycles. The predicted octanol–water partition coefficient (Wildman–Crippen LogP) is 2.69. The molecule has 1 aromatic carbocycles. The lowest BCUT2D eigenvalue weighted by Crippen LogP contribution is -2.25. The first-order valence-electron chi connectivity index (χ1n) is 5.41. The summed E-state index contributed by atoms with van der Waals surface area (Å²) in [7, 11) is 0. The number of anilines is 1. The third-order valence-corrected chi connectivity index (χ3v) is 4.49. The topological polar surface area (TPSA) is 40.5 Å². The van der Waals surface area contributed by atoms with E-state index in [-0.39, 0.29) is 12.5 Å². The van der Waals surface area contributed by atoms with Crippen molar-refractivity contribution >= 4 is 43.5 Å². The highest BCUT2D eigenvalue weighted by molar-refractivity contribution is 9.10. The summed E-state index contributed by atoms with van der Waals surface area (Å²) in [6.45, 7) is 0.724. The fourth-order valence-corrected chi connectivity index (χ4v) is 2.88. The number of nitrogens with zero attached hydrogens (tertiary/aromatic N) is 1. The molecule has 0 radical (unpaired) electrons. The van der Waals surface area contributed by atoms with Crippen LogP contribution in [-0.4, -0.2) is 22.9 Å². The van der Waals surface area contributed by atoms with E-state index in [1.807, 2.05) is 18.2 Å². The van der Waals surface area contributed by atoms with Crippen LogP contribution in [0.1, 0.15) is 12.0 Å². The molecule has 0 spiro atoms. The number of hydrogen-bond donors (Lipinski definition) is 1. The molecule has 1 amide bonds. The van der Waals surface area contributed by atoms with Crippen molar-refractivity contribution < 1.29 is 9.90 Å². The van der Waals surface area contributed by atoms with Gasteiger partial charge in [-0.05, 0) is 39.5 Å². The molecule has 1 unspecified atom stereocenters. The van der Waals surface area contributed by atoms with Crippen LogP contribution in [0.2, 0.25) is 0 Å². The Labute approximate surface area is 117 Å². The molecule has 0 bridgehead atoms. The number of halogens is 2. The number of benzene rings is 1. The molecule has 1 aliphatic heterocycles. The third-order valence-electron chi connectivity index (χ3n) is 2.91. The molecule has 1 aliphatic rings. The van der Waals surface area contributed by atoms with Crippen LogP contribution < -0.4 is 4.90 Å². The molecule has 1 saturated heterocycles. The summed E-state index contributed by atoms with van der Waals surface area (Å²) in [5.41, 5.74) is 1.67. The molecular formula is C12H13Br2NO2. The summed E-state index contributed by atoms with van der Waals surface area (Å²) in [5, 5.41) is 9.97. The number of carbonyl (C=O) groups is 1. The van der Waals surface area contributed by atoms with Gasteiger partial charge in [0, 0.05) is 22.8 Å². The molecule has 0 saturated carbocycles. The molecule has 92 valence electrons. The van der Waals surface area contributed by atoms with E-state index >= 15 is 0 Å². The number of amides is 1. The number of carbonyl (C=O) groups excluding carboxylic acids is 1. The lowest BCUT2D eigenvalue weighted by molar-refractivity contribution is -0.117. The smallest absolute Gasteiger partial charge is 0.227 e. The fourth-order valence-electron chi connectivity index (χ4n) is 1.98. The van der Waals surface area contributed by atoms with Crippen LogP contribution in [-0.2, 0) is 11.4 Å². The quantitative estimate of drug-likeness (QED) is 0.840. The Bertz CT molecular complexity index is 437. The Hall–Kier alpha value is -0.390. The first-order valence-corrected chi connectivity index (χ1v) is 7.32. The molecule has 1 heterocycles. The van der Waals surface area contributed by atoms with Crippen LogP contribution >= 0.6 is 31.9 Å². The van der Waals surface area contributed by atoms with Crippen molar-refractivity contribution in [1.82, 2.24) is 0 Å². The molecule has 1 fully saturated rings. The van der Waals surface area contributed by atoms with E-state index in [4.69, 9.17) is 5.11 Å². The fraction of sp³-hybridized carbons (Fsp3) is 0.417. The van der Waals surface area contributed by atoms with Crippen molar-refractivity contribution in [2.24, 2.45) is 5.92 Å². The first-order chi connectivity index (χ1) is 8.15. The Morgan fingerprint density at radius 2 is 2.24 bits per heavy atom. The summed E-state index contributed by atoms with van der Waals surface area (Å²) in [5.74, 6) is 0.512. The van der Waals surface area contributed by atoms with Crippen LogP contribution in [0.3, 0.4) is 0 Å². The van der Waals surface area contributed by atoms with Gasteiger partial charge in [-0.2, -0.15) is 0 Å². The Balaban J connectivity index is 2.30. The normalized spacial score (nSPS) is 20.1. The molecule has 1 atom stereocenters. The minimum atomic E-state index is -0.00974. The lowest BCUT2D eigenvalue weighted by atomic mass is 10.1. The standard InChI is InChI=1S/C12H13Br2NO2/c13-5-9-4-12(17)15(6-9)11-3-8(7-16)1-2-10(11)14/h1-3,9,16H,4-7H2. The van der Waals surface area contributed by atoms with Gasteiger partial charge in [0.1, 0.15) is 0 Å². The zero-order valence-electron chi connectivity index (χ0n) is 9.20. The zero-order valence-corrected chi connectivity index (χ0v) is 12.4. The highest BCUT2D eigenvalue weighted by atomic mass is 79.9. The molecule has 2 rings (SSSR count). The molecule has 1 N–H and O–H groups in total. The van der Waals surface area contributed by atoms with Gasteiger partial charge in [0.05, 0.1) is 12.3 Å². The molecule has 0 aromatic heterocycles. The summed E-state index contributed by atoms with van der Waals surface area (Å²) in [6, 6.07) is 5.57. The number of rotatable bonds is 3. The van der Waals surface area contributed by atoms with E-state index in [0.29, 0.717) is 12.3 Å². The first kappa shape index (κ1) is 13.1. The van der Waals surface area contributed by atoms with Gasteiger partial charge >= 0.3 is 0 Å². The van der Waals surface area contributed by atoms with E-state index in [2.05, 4.69) is 31.9 Å². The number of aliphatic hydroxyl groups excluding tert-OH is 1. The van der Waals surface area contributed by atoms with Crippen molar-refractivity contribution in [2.75, 3.05) is 16.8 Å². The Morgan fingerprint density at radius 1 is 1.47 bits per heavy atom. The van der Waals surface area contributed by atoms with Gasteiger partial charge in [0.25, 0.3) is 0 Å². The van der Waals surface area contributed by atoms with Gasteiger partial charge in [-0.1, -0.05) is 22.0 Å². The van der Waals surface area contributed by atoms with Gasteiger partial charge in [-0.25, -0.2) is 0 Å². The van der Waals surface area contributed by atoms with Gasteiger partial charge < -0.3 is 10.0 Å². The van der Waals surface area contributed by atoms with E-state index in [1.165, 1.54) is 0 Å².